The summed E-state index contributed by atoms with van der Waals surface area (Å²) < 4.78 is 0. The van der Waals surface area contributed by atoms with Gasteiger partial charge in [0.25, 0.3) is 0 Å². The number of rotatable bonds is 2. The Morgan fingerprint density at radius 1 is 1.57 bits per heavy atom. The molecule has 0 unspecified atom stereocenters. The largest absolute Gasteiger partial charge is 0.396 e. The van der Waals surface area contributed by atoms with Gasteiger partial charge in [0.15, 0.2) is 0 Å². The number of allylic oxidation sites excluding steroid dienone is 1. The second kappa shape index (κ2) is 3.88. The van der Waals surface area contributed by atoms with E-state index < -0.39 is 0 Å². The van der Waals surface area contributed by atoms with Crippen molar-refractivity contribution in [2.45, 2.75) is 20.3 Å². The summed E-state index contributed by atoms with van der Waals surface area (Å²) in [6, 6.07) is 0. The van der Waals surface area contributed by atoms with Crippen LogP contribution in [0.2, 0.25) is 0 Å². The van der Waals surface area contributed by atoms with Crippen LogP contribution in [-0.2, 0) is 0 Å². The fraction of sp³-hybridized carbons (Fsp3) is 0.667. The highest BCUT2D eigenvalue weighted by Gasteiger charge is 1.74. The Hall–Kier alpha value is -0.300. The van der Waals surface area contributed by atoms with Gasteiger partial charge in [0.2, 0.25) is 0 Å². The number of aliphatic hydroxyl groups excluding tert-OH is 1. The van der Waals surface area contributed by atoms with Crippen molar-refractivity contribution in [3.05, 3.63) is 11.6 Å². The predicted molar refractivity (Wildman–Crippen MR) is 31.1 cm³/mol. The minimum atomic E-state index is 0.269. The molecular weight excluding hydrogens is 88.1 g/mol. The molecule has 0 aromatic heterocycles. The van der Waals surface area contributed by atoms with Gasteiger partial charge in [0.1, 0.15) is 0 Å². The zero-order valence-corrected chi connectivity index (χ0v) is 4.94. The lowest BCUT2D eigenvalue weighted by Crippen LogP contribution is -1.76. The van der Waals surface area contributed by atoms with E-state index in [0.717, 1.165) is 6.42 Å². The molecule has 0 fully saturated rings. The van der Waals surface area contributed by atoms with Gasteiger partial charge in [-0.25, -0.2) is 0 Å². The van der Waals surface area contributed by atoms with Crippen molar-refractivity contribution < 1.29 is 5.11 Å². The molecule has 0 saturated carbocycles. The fourth-order valence-corrected chi connectivity index (χ4v) is 0.353. The Morgan fingerprint density at radius 3 is 2.29 bits per heavy atom. The molecule has 0 atom stereocenters. The highest BCUT2D eigenvalue weighted by molar-refractivity contribution is 4.92. The van der Waals surface area contributed by atoms with Crippen LogP contribution in [0.3, 0.4) is 0 Å². The van der Waals surface area contributed by atoms with Crippen LogP contribution < -0.4 is 0 Å². The Balaban J connectivity index is 3.08. The molecule has 7 heavy (non-hydrogen) atoms. The van der Waals surface area contributed by atoms with Gasteiger partial charge in [-0.2, -0.15) is 0 Å². The third-order valence-electron chi connectivity index (χ3n) is 0.682. The molecule has 0 radical (unpaired) electrons. The summed E-state index contributed by atoms with van der Waals surface area (Å²) in [6.45, 7) is 4.32. The van der Waals surface area contributed by atoms with Gasteiger partial charge in [0, 0.05) is 6.61 Å². The summed E-state index contributed by atoms with van der Waals surface area (Å²) in [5.74, 6) is 0. The molecule has 0 spiro atoms. The van der Waals surface area contributed by atoms with Crippen LogP contribution in [0.5, 0.6) is 0 Å². The number of hydrogen-bond donors (Lipinski definition) is 1. The monoisotopic (exact) mass is 100 g/mol. The molecule has 0 amide bonds. The van der Waals surface area contributed by atoms with E-state index >= 15 is 0 Å². The van der Waals surface area contributed by atoms with Crippen LogP contribution in [0.4, 0.5) is 0 Å². The molecule has 1 nitrogen and oxygen atoms in total. The first-order chi connectivity index (χ1) is 3.27. The normalized spacial score (nSPS) is 8.43. The lowest BCUT2D eigenvalue weighted by molar-refractivity contribution is 0.302. The standard InChI is InChI=1S/C6H12O/c1-6(2)4-3-5-7/h4,7H,3,5H2,1-2H3. The van der Waals surface area contributed by atoms with Crippen molar-refractivity contribution in [2.75, 3.05) is 6.61 Å². The third kappa shape index (κ3) is 5.70. The Kier molecular flexibility index (Phi) is 3.71. The lowest BCUT2D eigenvalue weighted by Gasteiger charge is -1.84. The molecule has 0 heterocycles. The first-order valence-corrected chi connectivity index (χ1v) is 2.51. The van der Waals surface area contributed by atoms with Crippen LogP contribution in [0.15, 0.2) is 11.6 Å². The molecule has 42 valence electrons. The second-order valence-electron chi connectivity index (χ2n) is 1.79. The summed E-state index contributed by atoms with van der Waals surface area (Å²) in [6.07, 6.45) is 2.81. The van der Waals surface area contributed by atoms with Crippen molar-refractivity contribution >= 4 is 0 Å². The summed E-state index contributed by atoms with van der Waals surface area (Å²) in [4.78, 5) is 0. The predicted octanol–water partition coefficient (Wildman–Crippen LogP) is 1.33. The molecule has 0 aliphatic rings. The number of hydrogen-bond acceptors (Lipinski definition) is 1. The minimum absolute atomic E-state index is 0.269. The summed E-state index contributed by atoms with van der Waals surface area (Å²) in [7, 11) is 0. The van der Waals surface area contributed by atoms with Crippen molar-refractivity contribution in [3.8, 4) is 0 Å². The van der Waals surface area contributed by atoms with Crippen LogP contribution in [0.25, 0.3) is 0 Å². The molecule has 0 aliphatic heterocycles. The lowest BCUT2D eigenvalue weighted by atomic mass is 10.3. The maximum absolute atomic E-state index is 8.27. The first-order valence-electron chi connectivity index (χ1n) is 2.51. The van der Waals surface area contributed by atoms with Crippen molar-refractivity contribution in [1.82, 2.24) is 0 Å². The van der Waals surface area contributed by atoms with E-state index in [1.165, 1.54) is 5.57 Å². The maximum Gasteiger partial charge on any atom is 0.0465 e. The Labute approximate surface area is 44.7 Å². The van der Waals surface area contributed by atoms with E-state index in [-0.39, 0.29) is 6.61 Å². The summed E-state index contributed by atoms with van der Waals surface area (Å²) >= 11 is 0. The van der Waals surface area contributed by atoms with Gasteiger partial charge in [-0.05, 0) is 20.3 Å². The molecular formula is C6H12O. The zero-order chi connectivity index (χ0) is 5.70. The average Bonchev–Trinajstić information content (AvgIpc) is 1.61. The maximum atomic E-state index is 8.27. The Morgan fingerprint density at radius 2 is 2.14 bits per heavy atom. The number of aliphatic hydroxyl groups is 1. The van der Waals surface area contributed by atoms with E-state index in [9.17, 15) is 0 Å². The zero-order valence-electron chi connectivity index (χ0n) is 4.94. The van der Waals surface area contributed by atoms with Crippen LogP contribution in [0.1, 0.15) is 20.3 Å². The van der Waals surface area contributed by atoms with Crippen LogP contribution in [-0.4, -0.2) is 11.7 Å². The van der Waals surface area contributed by atoms with Crippen LogP contribution >= 0.6 is 0 Å². The van der Waals surface area contributed by atoms with E-state index in [1.807, 2.05) is 19.9 Å². The quantitative estimate of drug-likeness (QED) is 0.519. The molecule has 0 rings (SSSR count). The van der Waals surface area contributed by atoms with E-state index in [1.54, 1.807) is 0 Å². The second-order valence-corrected chi connectivity index (χ2v) is 1.79. The Bertz CT molecular complexity index is 60.6. The summed E-state index contributed by atoms with van der Waals surface area (Å²) in [5.41, 5.74) is 1.27. The molecule has 0 bridgehead atoms. The molecule has 0 aromatic carbocycles. The van der Waals surface area contributed by atoms with Gasteiger partial charge in [-0.3, -0.25) is 0 Å². The van der Waals surface area contributed by atoms with Gasteiger partial charge in [-0.15, -0.1) is 0 Å². The van der Waals surface area contributed by atoms with Gasteiger partial charge in [-0.1, -0.05) is 11.6 Å². The fourth-order valence-electron chi connectivity index (χ4n) is 0.353. The van der Waals surface area contributed by atoms with Crippen molar-refractivity contribution in [1.29, 1.82) is 0 Å². The first kappa shape index (κ1) is 6.70. The molecule has 0 saturated heterocycles. The average molecular weight is 100 g/mol. The van der Waals surface area contributed by atoms with Gasteiger partial charge in [0.05, 0.1) is 0 Å². The van der Waals surface area contributed by atoms with Gasteiger partial charge >= 0.3 is 0 Å². The highest BCUT2D eigenvalue weighted by atomic mass is 16.2. The van der Waals surface area contributed by atoms with Crippen LogP contribution in [0, 0.1) is 0 Å². The summed E-state index contributed by atoms with van der Waals surface area (Å²) in [5, 5.41) is 8.27. The topological polar surface area (TPSA) is 20.2 Å². The van der Waals surface area contributed by atoms with Gasteiger partial charge < -0.3 is 5.11 Å². The SMILES string of the molecule is CC(C)=CCCO. The third-order valence-corrected chi connectivity index (χ3v) is 0.682. The van der Waals surface area contributed by atoms with E-state index in [4.69, 9.17) is 5.11 Å². The molecule has 0 aromatic rings. The highest BCUT2D eigenvalue weighted by Crippen LogP contribution is 1.89. The van der Waals surface area contributed by atoms with E-state index in [0.29, 0.717) is 0 Å². The smallest absolute Gasteiger partial charge is 0.0465 e. The molecule has 1 N–H and O–H groups in total. The molecule has 1 heteroatoms. The van der Waals surface area contributed by atoms with E-state index in [2.05, 4.69) is 0 Å². The van der Waals surface area contributed by atoms with Crippen molar-refractivity contribution in [3.63, 3.8) is 0 Å². The van der Waals surface area contributed by atoms with Crippen molar-refractivity contribution in [2.24, 2.45) is 0 Å². The molecule has 0 aliphatic carbocycles. The minimum Gasteiger partial charge on any atom is -0.396 e.